The molecule has 0 saturated heterocycles. The first-order chi connectivity index (χ1) is 9.33. The van der Waals surface area contributed by atoms with Crippen LogP contribution in [0.3, 0.4) is 0 Å². The number of halogens is 1. The zero-order chi connectivity index (χ0) is 13.5. The second kappa shape index (κ2) is 8.84. The van der Waals surface area contributed by atoms with Crippen LogP contribution in [-0.4, -0.2) is 20.8 Å². The quantitative estimate of drug-likeness (QED) is 0.793. The standard InChI is InChI=1S/C15H19NO2S.ClH/c1-17-14-4-3-12(9-15(14)18-2)5-7-16-10-13-6-8-19-11-13;/h3-4,6,8-9,11,16H,5,7,10H2,1-2H3;1H. The van der Waals surface area contributed by atoms with Crippen molar-refractivity contribution in [1.82, 2.24) is 5.32 Å². The van der Waals surface area contributed by atoms with Gasteiger partial charge in [-0.3, -0.25) is 0 Å². The minimum absolute atomic E-state index is 0. The van der Waals surface area contributed by atoms with E-state index in [1.54, 1.807) is 25.6 Å². The number of rotatable bonds is 7. The van der Waals surface area contributed by atoms with E-state index in [1.807, 2.05) is 12.1 Å². The van der Waals surface area contributed by atoms with Crippen molar-refractivity contribution in [2.24, 2.45) is 0 Å². The Morgan fingerprint density at radius 3 is 2.50 bits per heavy atom. The normalized spacial score (nSPS) is 9.90. The lowest BCUT2D eigenvalue weighted by molar-refractivity contribution is 0.354. The first kappa shape index (κ1) is 16.8. The molecule has 110 valence electrons. The van der Waals surface area contributed by atoms with Crippen LogP contribution in [0.15, 0.2) is 35.0 Å². The molecule has 20 heavy (non-hydrogen) atoms. The van der Waals surface area contributed by atoms with Gasteiger partial charge in [-0.15, -0.1) is 12.4 Å². The van der Waals surface area contributed by atoms with Crippen LogP contribution >= 0.6 is 23.7 Å². The molecule has 1 aromatic heterocycles. The maximum absolute atomic E-state index is 5.30. The lowest BCUT2D eigenvalue weighted by Gasteiger charge is -2.09. The van der Waals surface area contributed by atoms with E-state index in [1.165, 1.54) is 11.1 Å². The number of benzene rings is 1. The largest absolute Gasteiger partial charge is 0.493 e. The van der Waals surface area contributed by atoms with Crippen LogP contribution in [-0.2, 0) is 13.0 Å². The second-order valence-corrected chi connectivity index (χ2v) is 5.03. The molecule has 5 heteroatoms. The highest BCUT2D eigenvalue weighted by Gasteiger charge is 2.04. The third-order valence-corrected chi connectivity index (χ3v) is 3.68. The SMILES string of the molecule is COc1ccc(CCNCc2ccsc2)cc1OC.Cl. The third-order valence-electron chi connectivity index (χ3n) is 2.95. The predicted octanol–water partition coefficient (Wildman–Crippen LogP) is 3.52. The van der Waals surface area contributed by atoms with Crippen molar-refractivity contribution in [3.63, 3.8) is 0 Å². The summed E-state index contributed by atoms with van der Waals surface area (Å²) >= 11 is 1.73. The average molecular weight is 314 g/mol. The van der Waals surface area contributed by atoms with Crippen molar-refractivity contribution in [1.29, 1.82) is 0 Å². The molecule has 0 amide bonds. The molecule has 0 radical (unpaired) electrons. The molecule has 0 aliphatic carbocycles. The maximum atomic E-state index is 5.30. The zero-order valence-corrected chi connectivity index (χ0v) is 13.4. The molecule has 0 fully saturated rings. The topological polar surface area (TPSA) is 30.5 Å². The first-order valence-corrected chi connectivity index (χ1v) is 7.20. The van der Waals surface area contributed by atoms with Crippen LogP contribution in [0.25, 0.3) is 0 Å². The van der Waals surface area contributed by atoms with Crippen LogP contribution in [0.2, 0.25) is 0 Å². The van der Waals surface area contributed by atoms with E-state index in [-0.39, 0.29) is 12.4 Å². The van der Waals surface area contributed by atoms with Crippen molar-refractivity contribution < 1.29 is 9.47 Å². The van der Waals surface area contributed by atoms with Crippen LogP contribution < -0.4 is 14.8 Å². The van der Waals surface area contributed by atoms with E-state index in [2.05, 4.69) is 28.2 Å². The second-order valence-electron chi connectivity index (χ2n) is 4.25. The molecule has 2 rings (SSSR count). The summed E-state index contributed by atoms with van der Waals surface area (Å²) in [5.41, 5.74) is 2.59. The summed E-state index contributed by atoms with van der Waals surface area (Å²) in [5.74, 6) is 1.57. The summed E-state index contributed by atoms with van der Waals surface area (Å²) in [7, 11) is 3.32. The number of hydrogen-bond donors (Lipinski definition) is 1. The molecule has 0 bridgehead atoms. The molecule has 0 atom stereocenters. The van der Waals surface area contributed by atoms with Crippen molar-refractivity contribution >= 4 is 23.7 Å². The zero-order valence-electron chi connectivity index (χ0n) is 11.7. The van der Waals surface area contributed by atoms with Gasteiger partial charge in [0.1, 0.15) is 0 Å². The van der Waals surface area contributed by atoms with Crippen LogP contribution in [0.4, 0.5) is 0 Å². The van der Waals surface area contributed by atoms with Crippen molar-refractivity contribution in [3.8, 4) is 11.5 Å². The average Bonchev–Trinajstić information content (AvgIpc) is 2.96. The lowest BCUT2D eigenvalue weighted by Crippen LogP contribution is -2.16. The number of ether oxygens (including phenoxy) is 2. The Kier molecular flexibility index (Phi) is 7.44. The van der Waals surface area contributed by atoms with Crippen LogP contribution in [0.1, 0.15) is 11.1 Å². The van der Waals surface area contributed by atoms with E-state index in [9.17, 15) is 0 Å². The van der Waals surface area contributed by atoms with Crippen LogP contribution in [0.5, 0.6) is 11.5 Å². The van der Waals surface area contributed by atoms with Gasteiger partial charge in [-0.1, -0.05) is 6.07 Å². The van der Waals surface area contributed by atoms with E-state index in [0.717, 1.165) is 31.0 Å². The monoisotopic (exact) mass is 313 g/mol. The van der Waals surface area contributed by atoms with E-state index >= 15 is 0 Å². The predicted molar refractivity (Wildman–Crippen MR) is 86.5 cm³/mol. The summed E-state index contributed by atoms with van der Waals surface area (Å²) in [6, 6.07) is 8.21. The van der Waals surface area contributed by atoms with Gasteiger partial charge in [0.15, 0.2) is 11.5 Å². The molecule has 0 aliphatic heterocycles. The fraction of sp³-hybridized carbons (Fsp3) is 0.333. The highest BCUT2D eigenvalue weighted by molar-refractivity contribution is 7.07. The van der Waals surface area contributed by atoms with Crippen molar-refractivity contribution in [2.45, 2.75) is 13.0 Å². The number of hydrogen-bond acceptors (Lipinski definition) is 4. The summed E-state index contributed by atoms with van der Waals surface area (Å²) in [6.45, 7) is 1.88. The van der Waals surface area contributed by atoms with Crippen LogP contribution in [0, 0.1) is 0 Å². The Bertz CT molecular complexity index is 503. The molecule has 1 N–H and O–H groups in total. The molecule has 0 spiro atoms. The van der Waals surface area contributed by atoms with Gasteiger partial charge in [-0.05, 0) is 53.1 Å². The lowest BCUT2D eigenvalue weighted by atomic mass is 10.1. The summed E-state index contributed by atoms with van der Waals surface area (Å²) in [4.78, 5) is 0. The third kappa shape index (κ3) is 4.71. The summed E-state index contributed by atoms with van der Waals surface area (Å²) in [6.07, 6.45) is 0.977. The first-order valence-electron chi connectivity index (χ1n) is 6.26. The smallest absolute Gasteiger partial charge is 0.160 e. The number of methoxy groups -OCH3 is 2. The fourth-order valence-corrected chi connectivity index (χ4v) is 2.56. The highest BCUT2D eigenvalue weighted by atomic mass is 35.5. The molecule has 0 saturated carbocycles. The van der Waals surface area contributed by atoms with Gasteiger partial charge in [-0.2, -0.15) is 11.3 Å². The Labute approximate surface area is 130 Å². The minimum atomic E-state index is 0. The Morgan fingerprint density at radius 1 is 1.05 bits per heavy atom. The van der Waals surface area contributed by atoms with Gasteiger partial charge in [-0.25, -0.2) is 0 Å². The summed E-state index contributed by atoms with van der Waals surface area (Å²) < 4.78 is 10.5. The molecule has 1 aromatic carbocycles. The van der Waals surface area contributed by atoms with E-state index in [0.29, 0.717) is 0 Å². The van der Waals surface area contributed by atoms with E-state index < -0.39 is 0 Å². The van der Waals surface area contributed by atoms with Crippen molar-refractivity contribution in [3.05, 3.63) is 46.2 Å². The van der Waals surface area contributed by atoms with Gasteiger partial charge in [0.2, 0.25) is 0 Å². The minimum Gasteiger partial charge on any atom is -0.493 e. The summed E-state index contributed by atoms with van der Waals surface area (Å²) in [5, 5.41) is 7.71. The molecule has 0 aliphatic rings. The Hall–Kier alpha value is -1.23. The van der Waals surface area contributed by atoms with Gasteiger partial charge in [0.25, 0.3) is 0 Å². The maximum Gasteiger partial charge on any atom is 0.160 e. The van der Waals surface area contributed by atoms with E-state index in [4.69, 9.17) is 9.47 Å². The molecule has 2 aromatic rings. The number of thiophene rings is 1. The van der Waals surface area contributed by atoms with Gasteiger partial charge < -0.3 is 14.8 Å². The fourth-order valence-electron chi connectivity index (χ4n) is 1.89. The molecular weight excluding hydrogens is 294 g/mol. The van der Waals surface area contributed by atoms with Gasteiger partial charge in [0.05, 0.1) is 14.2 Å². The Morgan fingerprint density at radius 2 is 1.85 bits per heavy atom. The molecule has 1 heterocycles. The molecule has 3 nitrogen and oxygen atoms in total. The van der Waals surface area contributed by atoms with Crippen molar-refractivity contribution in [2.75, 3.05) is 20.8 Å². The van der Waals surface area contributed by atoms with Gasteiger partial charge >= 0.3 is 0 Å². The highest BCUT2D eigenvalue weighted by Crippen LogP contribution is 2.27. The number of nitrogens with one attached hydrogen (secondary N) is 1. The molecular formula is C15H20ClNO2S. The van der Waals surface area contributed by atoms with Gasteiger partial charge in [0, 0.05) is 6.54 Å². The Balaban J connectivity index is 0.00000200. The molecule has 0 unspecified atom stereocenters.